The predicted octanol–water partition coefficient (Wildman–Crippen LogP) is 5.77. The van der Waals surface area contributed by atoms with Crippen LogP contribution < -0.4 is 9.47 Å². The van der Waals surface area contributed by atoms with Crippen molar-refractivity contribution in [3.8, 4) is 11.5 Å². The van der Waals surface area contributed by atoms with Gasteiger partial charge in [-0.2, -0.15) is 0 Å². The molecule has 0 fully saturated rings. The Balaban J connectivity index is 1.68. The summed E-state index contributed by atoms with van der Waals surface area (Å²) in [4.78, 5) is 25.0. The normalized spacial score (nSPS) is 10.6. The number of hydrogen-bond acceptors (Lipinski definition) is 5. The number of aryl methyl sites for hydroxylation is 1. The second-order valence-electron chi connectivity index (χ2n) is 6.56. The molecule has 0 bridgehead atoms. The molecular formula is C24H20Cl2O5. The molecule has 0 amide bonds. The summed E-state index contributed by atoms with van der Waals surface area (Å²) in [6.45, 7) is 1.59. The summed E-state index contributed by atoms with van der Waals surface area (Å²) < 4.78 is 16.4. The van der Waals surface area contributed by atoms with Crippen LogP contribution in [0.4, 0.5) is 0 Å². The van der Waals surface area contributed by atoms with E-state index >= 15 is 0 Å². The number of carbonyl (C=O) groups excluding carboxylic acids is 2. The molecule has 0 N–H and O–H groups in total. The smallest absolute Gasteiger partial charge is 0.389 e. The molecule has 5 nitrogen and oxygen atoms in total. The minimum absolute atomic E-state index is 0.326. The highest BCUT2D eigenvalue weighted by Crippen LogP contribution is 2.21. The van der Waals surface area contributed by atoms with E-state index in [1.54, 1.807) is 60.7 Å². The van der Waals surface area contributed by atoms with Crippen LogP contribution in [0.15, 0.2) is 72.8 Å². The minimum atomic E-state index is -1.43. The van der Waals surface area contributed by atoms with Gasteiger partial charge in [-0.15, -0.1) is 0 Å². The van der Waals surface area contributed by atoms with Gasteiger partial charge in [-0.05, 0) is 60.5 Å². The average molecular weight is 459 g/mol. The van der Waals surface area contributed by atoms with Crippen molar-refractivity contribution in [3.05, 3.63) is 94.0 Å². The molecule has 31 heavy (non-hydrogen) atoms. The van der Waals surface area contributed by atoms with Crippen LogP contribution in [-0.2, 0) is 16.0 Å². The van der Waals surface area contributed by atoms with Crippen molar-refractivity contribution in [2.24, 2.45) is 0 Å². The molecule has 0 spiro atoms. The highest BCUT2D eigenvalue weighted by atomic mass is 35.5. The fourth-order valence-corrected chi connectivity index (χ4v) is 2.86. The maximum atomic E-state index is 12.6. The van der Waals surface area contributed by atoms with E-state index in [1.165, 1.54) is 0 Å². The Hall–Kier alpha value is -3.02. The molecule has 3 aromatic rings. The molecule has 7 heteroatoms. The van der Waals surface area contributed by atoms with Gasteiger partial charge < -0.3 is 14.2 Å². The third-order valence-electron chi connectivity index (χ3n) is 4.34. The summed E-state index contributed by atoms with van der Waals surface area (Å²) in [6.07, 6.45) is -0.563. The fourth-order valence-electron chi connectivity index (χ4n) is 2.61. The van der Waals surface area contributed by atoms with Crippen molar-refractivity contribution in [2.75, 3.05) is 6.61 Å². The first kappa shape index (κ1) is 22.7. The third kappa shape index (κ3) is 6.74. The number of ether oxygens (including phenoxy) is 3. The van der Waals surface area contributed by atoms with Gasteiger partial charge in [0.05, 0.1) is 0 Å². The van der Waals surface area contributed by atoms with Gasteiger partial charge in [0.2, 0.25) is 0 Å². The minimum Gasteiger partial charge on any atom is -0.452 e. The van der Waals surface area contributed by atoms with Crippen LogP contribution in [0.3, 0.4) is 0 Å². The van der Waals surface area contributed by atoms with Crippen molar-refractivity contribution in [2.45, 2.75) is 19.6 Å². The largest absolute Gasteiger partial charge is 0.452 e. The maximum absolute atomic E-state index is 12.6. The van der Waals surface area contributed by atoms with E-state index in [2.05, 4.69) is 0 Å². The van der Waals surface area contributed by atoms with Crippen LogP contribution >= 0.6 is 23.2 Å². The van der Waals surface area contributed by atoms with E-state index < -0.39 is 18.9 Å². The SMILES string of the molecule is CCc1ccc(C(=O)COC(=O)C(Oc2ccc(Cl)cc2)Oc2ccc(Cl)cc2)cc1. The molecule has 160 valence electrons. The summed E-state index contributed by atoms with van der Waals surface area (Å²) in [7, 11) is 0. The quantitative estimate of drug-likeness (QED) is 0.231. The number of rotatable bonds is 9. The number of Topliss-reactive ketones (excluding diaryl/α,β-unsaturated/α-hetero) is 1. The van der Waals surface area contributed by atoms with E-state index in [4.69, 9.17) is 37.4 Å². The van der Waals surface area contributed by atoms with Crippen molar-refractivity contribution >= 4 is 35.0 Å². The first-order valence-electron chi connectivity index (χ1n) is 9.58. The number of carbonyl (C=O) groups is 2. The first-order valence-corrected chi connectivity index (χ1v) is 10.3. The van der Waals surface area contributed by atoms with Crippen LogP contribution in [0.25, 0.3) is 0 Å². The van der Waals surface area contributed by atoms with Crippen molar-refractivity contribution in [1.29, 1.82) is 0 Å². The number of esters is 1. The molecule has 0 radical (unpaired) electrons. The second kappa shape index (κ2) is 10.8. The number of halogens is 2. The molecule has 0 aliphatic carbocycles. The van der Waals surface area contributed by atoms with Crippen molar-refractivity contribution in [3.63, 3.8) is 0 Å². The van der Waals surface area contributed by atoms with Crippen molar-refractivity contribution < 1.29 is 23.8 Å². The van der Waals surface area contributed by atoms with E-state index in [-0.39, 0.29) is 5.78 Å². The molecule has 0 unspecified atom stereocenters. The monoisotopic (exact) mass is 458 g/mol. The van der Waals surface area contributed by atoms with Gasteiger partial charge in [-0.1, -0.05) is 54.4 Å². The maximum Gasteiger partial charge on any atom is 0.389 e. The zero-order valence-corrected chi connectivity index (χ0v) is 18.2. The lowest BCUT2D eigenvalue weighted by atomic mass is 10.1. The molecule has 0 heterocycles. The Bertz CT molecular complexity index is 968. The van der Waals surface area contributed by atoms with Crippen LogP contribution in [0.2, 0.25) is 10.0 Å². The van der Waals surface area contributed by atoms with Gasteiger partial charge in [0.15, 0.2) is 12.4 Å². The lowest BCUT2D eigenvalue weighted by Crippen LogP contribution is -2.36. The Morgan fingerprint density at radius 2 is 1.26 bits per heavy atom. The zero-order chi connectivity index (χ0) is 22.2. The summed E-state index contributed by atoms with van der Waals surface area (Å²) in [5.74, 6) is -0.472. The Morgan fingerprint density at radius 1 is 0.774 bits per heavy atom. The zero-order valence-electron chi connectivity index (χ0n) is 16.7. The molecule has 0 atom stereocenters. The fraction of sp³-hybridized carbons (Fsp3) is 0.167. The second-order valence-corrected chi connectivity index (χ2v) is 7.43. The van der Waals surface area contributed by atoms with Gasteiger partial charge in [0.25, 0.3) is 0 Å². The molecular weight excluding hydrogens is 439 g/mol. The van der Waals surface area contributed by atoms with Gasteiger partial charge in [0, 0.05) is 15.6 Å². The summed E-state index contributed by atoms with van der Waals surface area (Å²) in [5.41, 5.74) is 1.57. The molecule has 0 aliphatic rings. The summed E-state index contributed by atoms with van der Waals surface area (Å²) in [5, 5.41) is 1.04. The average Bonchev–Trinajstić information content (AvgIpc) is 2.79. The van der Waals surface area contributed by atoms with Crippen LogP contribution in [0.1, 0.15) is 22.8 Å². The number of hydrogen-bond donors (Lipinski definition) is 0. The molecule has 0 aromatic heterocycles. The van der Waals surface area contributed by atoms with Gasteiger partial charge in [-0.3, -0.25) is 4.79 Å². The molecule has 0 saturated heterocycles. The van der Waals surface area contributed by atoms with Gasteiger partial charge >= 0.3 is 12.3 Å². The van der Waals surface area contributed by atoms with Gasteiger partial charge in [-0.25, -0.2) is 4.79 Å². The Morgan fingerprint density at radius 3 is 1.71 bits per heavy atom. The predicted molar refractivity (Wildman–Crippen MR) is 119 cm³/mol. The summed E-state index contributed by atoms with van der Waals surface area (Å²) >= 11 is 11.8. The molecule has 0 saturated carbocycles. The van der Waals surface area contributed by atoms with Crippen LogP contribution in [0.5, 0.6) is 11.5 Å². The first-order chi connectivity index (χ1) is 14.9. The third-order valence-corrected chi connectivity index (χ3v) is 4.84. The highest BCUT2D eigenvalue weighted by Gasteiger charge is 2.26. The topological polar surface area (TPSA) is 61.8 Å². The van der Waals surface area contributed by atoms with E-state index in [9.17, 15) is 9.59 Å². The standard InChI is InChI=1S/C24H20Cl2O5/c1-2-16-3-5-17(6-4-16)22(27)15-29-23(28)24(30-20-11-7-18(25)8-12-20)31-21-13-9-19(26)10-14-21/h3-14,24H,2,15H2,1H3. The number of ketones is 1. The molecule has 0 aliphatic heterocycles. The lowest BCUT2D eigenvalue weighted by Gasteiger charge is -2.19. The van der Waals surface area contributed by atoms with Crippen LogP contribution in [-0.4, -0.2) is 24.6 Å². The number of benzene rings is 3. The molecule has 3 aromatic carbocycles. The molecule has 3 rings (SSSR count). The lowest BCUT2D eigenvalue weighted by molar-refractivity contribution is -0.164. The van der Waals surface area contributed by atoms with Crippen molar-refractivity contribution in [1.82, 2.24) is 0 Å². The van der Waals surface area contributed by atoms with E-state index in [0.717, 1.165) is 12.0 Å². The van der Waals surface area contributed by atoms with Gasteiger partial charge in [0.1, 0.15) is 11.5 Å². The highest BCUT2D eigenvalue weighted by molar-refractivity contribution is 6.30. The van der Waals surface area contributed by atoms with E-state index in [0.29, 0.717) is 27.1 Å². The Kier molecular flexibility index (Phi) is 7.93. The Labute approximate surface area is 190 Å². The van der Waals surface area contributed by atoms with E-state index in [1.807, 2.05) is 19.1 Å². The van der Waals surface area contributed by atoms with Crippen LogP contribution in [0, 0.1) is 0 Å². The summed E-state index contributed by atoms with van der Waals surface area (Å²) in [6, 6.07) is 20.0.